The molecular formula is C22H19FN2O3S2. The molecule has 0 aliphatic carbocycles. The van der Waals surface area contributed by atoms with Crippen LogP contribution in [0.25, 0.3) is 10.2 Å². The molecule has 2 aromatic carbocycles. The minimum absolute atomic E-state index is 0.0490. The Labute approximate surface area is 181 Å². The molecule has 0 saturated heterocycles. The Kier molecular flexibility index (Phi) is 6.35. The number of furan rings is 1. The summed E-state index contributed by atoms with van der Waals surface area (Å²) in [6.07, 6.45) is 1.91. The summed E-state index contributed by atoms with van der Waals surface area (Å²) in [5.74, 6) is 1.67. The van der Waals surface area contributed by atoms with Crippen LogP contribution in [0.5, 0.6) is 5.75 Å². The highest BCUT2D eigenvalue weighted by Gasteiger charge is 2.21. The summed E-state index contributed by atoms with van der Waals surface area (Å²) in [7, 11) is 1.61. The molecule has 30 heavy (non-hydrogen) atoms. The van der Waals surface area contributed by atoms with Crippen LogP contribution in [0.2, 0.25) is 0 Å². The number of ether oxygens (including phenoxy) is 1. The lowest BCUT2D eigenvalue weighted by Gasteiger charge is -2.18. The van der Waals surface area contributed by atoms with Gasteiger partial charge in [-0.1, -0.05) is 11.3 Å². The van der Waals surface area contributed by atoms with Crippen LogP contribution in [0.15, 0.2) is 70.2 Å². The third kappa shape index (κ3) is 4.83. The molecule has 0 aliphatic rings. The predicted molar refractivity (Wildman–Crippen MR) is 118 cm³/mol. The lowest BCUT2D eigenvalue weighted by molar-refractivity contribution is -0.118. The zero-order valence-corrected chi connectivity index (χ0v) is 17.8. The number of fused-ring (bicyclic) bond motifs is 1. The molecule has 5 nitrogen and oxygen atoms in total. The maximum atomic E-state index is 13.1. The maximum absolute atomic E-state index is 13.1. The third-order valence-electron chi connectivity index (χ3n) is 4.41. The number of nitrogens with zero attached hydrogens (tertiary/aromatic N) is 2. The van der Waals surface area contributed by atoms with Gasteiger partial charge in [0, 0.05) is 23.1 Å². The Morgan fingerprint density at radius 2 is 2.07 bits per heavy atom. The number of aromatic nitrogens is 1. The van der Waals surface area contributed by atoms with Crippen molar-refractivity contribution in [2.45, 2.75) is 17.9 Å². The summed E-state index contributed by atoms with van der Waals surface area (Å²) in [6.45, 7) is 0.310. The molecule has 0 spiro atoms. The van der Waals surface area contributed by atoms with Gasteiger partial charge in [-0.3, -0.25) is 9.69 Å². The number of hydrogen-bond acceptors (Lipinski definition) is 6. The second-order valence-electron chi connectivity index (χ2n) is 6.44. The number of carbonyl (C=O) groups is 1. The second kappa shape index (κ2) is 9.32. The molecule has 0 N–H and O–H groups in total. The fraction of sp³-hybridized carbons (Fsp3) is 0.182. The standard InChI is InChI=1S/C22H19FN2O3S2/c1-27-16-6-9-20-19(13-16)24-22(30-20)25(14-17-3-2-11-28-17)21(26)10-12-29-18-7-4-15(23)5-8-18/h2-9,11,13H,10,12,14H2,1H3. The zero-order chi connectivity index (χ0) is 20.9. The summed E-state index contributed by atoms with van der Waals surface area (Å²) in [6, 6.07) is 15.6. The maximum Gasteiger partial charge on any atom is 0.230 e. The van der Waals surface area contributed by atoms with Crippen LogP contribution < -0.4 is 9.64 Å². The first-order chi connectivity index (χ1) is 14.6. The van der Waals surface area contributed by atoms with E-state index in [-0.39, 0.29) is 11.7 Å². The highest BCUT2D eigenvalue weighted by Crippen LogP contribution is 2.32. The minimum Gasteiger partial charge on any atom is -0.497 e. The number of anilines is 1. The molecule has 0 unspecified atom stereocenters. The lowest BCUT2D eigenvalue weighted by atomic mass is 10.3. The van der Waals surface area contributed by atoms with Gasteiger partial charge in [-0.25, -0.2) is 9.37 Å². The molecule has 0 saturated carbocycles. The number of halogens is 1. The number of thiazole rings is 1. The van der Waals surface area contributed by atoms with Crippen molar-refractivity contribution in [3.05, 3.63) is 72.4 Å². The normalized spacial score (nSPS) is 11.0. The van der Waals surface area contributed by atoms with E-state index in [1.54, 1.807) is 36.5 Å². The lowest BCUT2D eigenvalue weighted by Crippen LogP contribution is -2.30. The van der Waals surface area contributed by atoms with Crippen LogP contribution in [0, 0.1) is 5.82 Å². The van der Waals surface area contributed by atoms with Crippen molar-refractivity contribution in [3.63, 3.8) is 0 Å². The Morgan fingerprint density at radius 3 is 2.80 bits per heavy atom. The first-order valence-corrected chi connectivity index (χ1v) is 11.1. The smallest absolute Gasteiger partial charge is 0.230 e. The van der Waals surface area contributed by atoms with Gasteiger partial charge in [0.2, 0.25) is 5.91 Å². The van der Waals surface area contributed by atoms with Crippen molar-refractivity contribution in [2.24, 2.45) is 0 Å². The molecular weight excluding hydrogens is 423 g/mol. The summed E-state index contributed by atoms with van der Waals surface area (Å²) < 4.78 is 24.8. The number of amides is 1. The first kappa shape index (κ1) is 20.4. The molecule has 0 bridgehead atoms. The molecule has 2 heterocycles. The molecule has 154 valence electrons. The Bertz CT molecular complexity index is 1130. The van der Waals surface area contributed by atoms with Gasteiger partial charge < -0.3 is 9.15 Å². The zero-order valence-electron chi connectivity index (χ0n) is 16.2. The number of hydrogen-bond donors (Lipinski definition) is 0. The van der Waals surface area contributed by atoms with E-state index in [2.05, 4.69) is 4.98 Å². The van der Waals surface area contributed by atoms with Crippen LogP contribution in [-0.4, -0.2) is 23.8 Å². The SMILES string of the molecule is COc1ccc2sc(N(Cc3ccco3)C(=O)CCSc3ccc(F)cc3)nc2c1. The van der Waals surface area contributed by atoms with E-state index in [4.69, 9.17) is 9.15 Å². The van der Waals surface area contributed by atoms with E-state index in [9.17, 15) is 9.18 Å². The summed E-state index contributed by atoms with van der Waals surface area (Å²) >= 11 is 2.97. The monoisotopic (exact) mass is 442 g/mol. The third-order valence-corrected chi connectivity index (χ3v) is 6.48. The van der Waals surface area contributed by atoms with Crippen LogP contribution >= 0.6 is 23.1 Å². The van der Waals surface area contributed by atoms with Gasteiger partial charge in [0.1, 0.15) is 17.3 Å². The van der Waals surface area contributed by atoms with E-state index in [1.807, 2.05) is 24.3 Å². The number of methoxy groups -OCH3 is 1. The summed E-state index contributed by atoms with van der Waals surface area (Å²) in [4.78, 5) is 20.3. The van der Waals surface area contributed by atoms with Gasteiger partial charge in [-0.15, -0.1) is 11.8 Å². The van der Waals surface area contributed by atoms with E-state index in [1.165, 1.54) is 35.2 Å². The predicted octanol–water partition coefficient (Wildman–Crippen LogP) is 5.75. The van der Waals surface area contributed by atoms with Gasteiger partial charge in [-0.05, 0) is 48.5 Å². The van der Waals surface area contributed by atoms with Crippen LogP contribution in [0.3, 0.4) is 0 Å². The second-order valence-corrected chi connectivity index (χ2v) is 8.62. The van der Waals surface area contributed by atoms with Crippen molar-refractivity contribution >= 4 is 44.4 Å². The van der Waals surface area contributed by atoms with Crippen LogP contribution in [0.1, 0.15) is 12.2 Å². The first-order valence-electron chi connectivity index (χ1n) is 9.28. The largest absolute Gasteiger partial charge is 0.497 e. The fourth-order valence-corrected chi connectivity index (χ4v) is 4.68. The highest BCUT2D eigenvalue weighted by molar-refractivity contribution is 7.99. The van der Waals surface area contributed by atoms with E-state index < -0.39 is 0 Å². The molecule has 2 aromatic heterocycles. The number of carbonyl (C=O) groups excluding carboxylic acids is 1. The van der Waals surface area contributed by atoms with Crippen molar-refractivity contribution in [2.75, 3.05) is 17.8 Å². The molecule has 0 atom stereocenters. The molecule has 0 fully saturated rings. The number of rotatable bonds is 8. The van der Waals surface area contributed by atoms with E-state index in [0.29, 0.717) is 29.6 Å². The molecule has 0 radical (unpaired) electrons. The molecule has 4 aromatic rings. The Hall–Kier alpha value is -2.84. The molecule has 8 heteroatoms. The van der Waals surface area contributed by atoms with Crippen LogP contribution in [0.4, 0.5) is 9.52 Å². The fourth-order valence-electron chi connectivity index (χ4n) is 2.88. The van der Waals surface area contributed by atoms with Gasteiger partial charge in [0.25, 0.3) is 0 Å². The molecule has 4 rings (SSSR count). The summed E-state index contributed by atoms with van der Waals surface area (Å²) in [5.41, 5.74) is 0.785. The van der Waals surface area contributed by atoms with Crippen molar-refractivity contribution in [3.8, 4) is 5.75 Å². The quantitative estimate of drug-likeness (QED) is 0.325. The van der Waals surface area contributed by atoms with Gasteiger partial charge >= 0.3 is 0 Å². The minimum atomic E-state index is -0.271. The van der Waals surface area contributed by atoms with Gasteiger partial charge in [0.05, 0.1) is 30.1 Å². The highest BCUT2D eigenvalue weighted by atomic mass is 32.2. The number of benzene rings is 2. The number of thioether (sulfide) groups is 1. The van der Waals surface area contributed by atoms with Crippen molar-refractivity contribution in [1.82, 2.24) is 4.98 Å². The van der Waals surface area contributed by atoms with E-state index in [0.717, 1.165) is 20.9 Å². The van der Waals surface area contributed by atoms with E-state index >= 15 is 0 Å². The average molecular weight is 443 g/mol. The van der Waals surface area contributed by atoms with Gasteiger partial charge in [-0.2, -0.15) is 0 Å². The topological polar surface area (TPSA) is 55.6 Å². The van der Waals surface area contributed by atoms with Gasteiger partial charge in [0.15, 0.2) is 5.13 Å². The average Bonchev–Trinajstić information content (AvgIpc) is 3.42. The van der Waals surface area contributed by atoms with Crippen molar-refractivity contribution < 1.29 is 18.3 Å². The summed E-state index contributed by atoms with van der Waals surface area (Å²) in [5, 5.41) is 0.617. The molecule has 0 aliphatic heterocycles. The molecule has 1 amide bonds. The van der Waals surface area contributed by atoms with Crippen molar-refractivity contribution in [1.29, 1.82) is 0 Å². The van der Waals surface area contributed by atoms with Crippen LogP contribution in [-0.2, 0) is 11.3 Å². The Balaban J connectivity index is 1.51. The Morgan fingerprint density at radius 1 is 1.23 bits per heavy atom.